The smallest absolute Gasteiger partial charge is 0.259 e. The van der Waals surface area contributed by atoms with E-state index >= 15 is 0 Å². The van der Waals surface area contributed by atoms with Crippen LogP contribution < -0.4 is 15.1 Å². The Hall–Kier alpha value is -2.55. The van der Waals surface area contributed by atoms with Gasteiger partial charge in [-0.3, -0.25) is 19.8 Å². The maximum Gasteiger partial charge on any atom is 0.259 e. The number of pyridine rings is 1. The Morgan fingerprint density at radius 2 is 1.67 bits per heavy atom. The lowest BCUT2D eigenvalue weighted by molar-refractivity contribution is -0.140. The second-order valence-corrected chi connectivity index (χ2v) is 16.1. The molecule has 0 spiro atoms. The number of carbonyl (C=O) groups excluding carboxylic acids is 2. The van der Waals surface area contributed by atoms with Gasteiger partial charge in [0, 0.05) is 75.9 Å². The number of aromatic nitrogens is 2. The number of thiazole rings is 1. The Kier molecular flexibility index (Phi) is 10.7. The Morgan fingerprint density at radius 1 is 0.938 bits per heavy atom. The molecule has 5 aliphatic rings. The van der Waals surface area contributed by atoms with E-state index in [2.05, 4.69) is 25.0 Å². The van der Waals surface area contributed by atoms with Crippen LogP contribution in [0.25, 0.3) is 4.91 Å². The van der Waals surface area contributed by atoms with E-state index in [9.17, 15) is 13.8 Å². The highest BCUT2D eigenvalue weighted by Gasteiger charge is 2.32. The molecule has 1 saturated carbocycles. The molecule has 11 nitrogen and oxygen atoms in total. The molecule has 258 valence electrons. The molecule has 1 aliphatic carbocycles. The first-order valence-corrected chi connectivity index (χ1v) is 19.7. The van der Waals surface area contributed by atoms with Gasteiger partial charge >= 0.3 is 0 Å². The number of nitrogens with zero attached hydrogens (tertiary/aromatic N) is 6. The van der Waals surface area contributed by atoms with E-state index in [4.69, 9.17) is 32.9 Å². The van der Waals surface area contributed by atoms with E-state index in [1.807, 2.05) is 4.90 Å². The average molecular weight is 735 g/mol. The number of allylic oxidation sites excluding steroid dienone is 2. The van der Waals surface area contributed by atoms with E-state index in [1.54, 1.807) is 12.1 Å². The summed E-state index contributed by atoms with van der Waals surface area (Å²) < 4.78 is 18.3. The molecule has 0 radical (unpaired) electrons. The summed E-state index contributed by atoms with van der Waals surface area (Å²) in [6, 6.07) is 2.29. The number of rotatable bonds is 7. The van der Waals surface area contributed by atoms with Crippen molar-refractivity contribution < 1.29 is 18.5 Å². The van der Waals surface area contributed by atoms with Crippen LogP contribution in [0.3, 0.4) is 0 Å². The van der Waals surface area contributed by atoms with Crippen LogP contribution in [0, 0.1) is 5.92 Å². The zero-order valence-corrected chi connectivity index (χ0v) is 30.0. The summed E-state index contributed by atoms with van der Waals surface area (Å²) in [7, 11) is -1.41. The zero-order chi connectivity index (χ0) is 33.2. The molecule has 48 heavy (non-hydrogen) atoms. The molecule has 1 unspecified atom stereocenters. The van der Waals surface area contributed by atoms with Crippen LogP contribution in [0.15, 0.2) is 28.8 Å². The lowest BCUT2D eigenvalue weighted by Gasteiger charge is -2.41. The van der Waals surface area contributed by atoms with Gasteiger partial charge in [-0.15, -0.1) is 0 Å². The van der Waals surface area contributed by atoms with Gasteiger partial charge in [-0.25, -0.2) is 14.2 Å². The number of piperidine rings is 1. The summed E-state index contributed by atoms with van der Waals surface area (Å²) >= 11 is 14.3. The van der Waals surface area contributed by atoms with Crippen LogP contribution in [0.4, 0.5) is 16.0 Å². The number of hydrogen-bond donors (Lipinski definition) is 1. The van der Waals surface area contributed by atoms with Crippen molar-refractivity contribution in [3.63, 3.8) is 0 Å². The van der Waals surface area contributed by atoms with Crippen molar-refractivity contribution in [1.29, 1.82) is 0 Å². The molecule has 0 aromatic carbocycles. The normalized spacial score (nSPS) is 23.3. The van der Waals surface area contributed by atoms with Gasteiger partial charge < -0.3 is 19.4 Å². The molecule has 1 atom stereocenters. The van der Waals surface area contributed by atoms with E-state index in [0.717, 1.165) is 44.0 Å². The lowest BCUT2D eigenvalue weighted by Crippen LogP contribution is -2.50. The number of nitrogens with one attached hydrogen (secondary N) is 1. The first kappa shape index (κ1) is 33.9. The summed E-state index contributed by atoms with van der Waals surface area (Å²) in [5.74, 6) is 0.421. The monoisotopic (exact) mass is 733 g/mol. The van der Waals surface area contributed by atoms with Crippen LogP contribution in [0.2, 0.25) is 5.02 Å². The Bertz CT molecular complexity index is 1610. The SMILES string of the molecule is O=C(Nc1nc(C2=CC(Cl)=CS2=O)c(N2CCN(C3CCCCC3)CC2)s1)c1cnc(N2CCC(C(=O)N3CCOCC3)CC2)c(Cl)c1. The molecule has 2 aromatic heterocycles. The highest BCUT2D eigenvalue weighted by molar-refractivity contribution is 7.97. The molecule has 1 N–H and O–H groups in total. The number of halogens is 2. The Labute approximate surface area is 297 Å². The molecule has 0 bridgehead atoms. The van der Waals surface area contributed by atoms with Crippen molar-refractivity contribution in [3.8, 4) is 0 Å². The van der Waals surface area contributed by atoms with Gasteiger partial charge in [-0.1, -0.05) is 53.8 Å². The van der Waals surface area contributed by atoms with Crippen molar-refractivity contribution in [2.45, 2.75) is 51.0 Å². The molecule has 4 fully saturated rings. The van der Waals surface area contributed by atoms with Gasteiger partial charge in [-0.05, 0) is 37.8 Å². The van der Waals surface area contributed by atoms with Crippen LogP contribution in [-0.4, -0.2) is 107 Å². The molecule has 2 amide bonds. The summed E-state index contributed by atoms with van der Waals surface area (Å²) in [6.07, 6.45) is 11.2. The second kappa shape index (κ2) is 15.1. The number of ether oxygens (including phenoxy) is 1. The van der Waals surface area contributed by atoms with Crippen LogP contribution in [0.5, 0.6) is 0 Å². The average Bonchev–Trinajstić information content (AvgIpc) is 3.69. The van der Waals surface area contributed by atoms with Gasteiger partial charge in [0.1, 0.15) is 16.5 Å². The first-order chi connectivity index (χ1) is 23.3. The third kappa shape index (κ3) is 7.46. The fourth-order valence-corrected chi connectivity index (χ4v) is 10.1. The molecular weight excluding hydrogens is 693 g/mol. The summed E-state index contributed by atoms with van der Waals surface area (Å²) in [6.45, 7) is 7.41. The standard InChI is InChI=1S/C33H41Cl2N7O4S2/c34-24-19-27(48(45)21-24)28-32(42-12-10-39(11-13-42)25-4-2-1-3-5-25)47-33(37-28)38-30(43)23-18-26(35)29(36-20-23)40-8-6-22(7-9-40)31(44)41-14-16-46-17-15-41/h18-22,25H,1-17H2,(H,37,38,43). The highest BCUT2D eigenvalue weighted by Crippen LogP contribution is 2.41. The summed E-state index contributed by atoms with van der Waals surface area (Å²) in [4.78, 5) is 45.2. The van der Waals surface area contributed by atoms with Gasteiger partial charge in [0.05, 0.1) is 44.5 Å². The molecule has 7 rings (SSSR count). The van der Waals surface area contributed by atoms with E-state index in [0.29, 0.717) is 82.6 Å². The minimum Gasteiger partial charge on any atom is -0.378 e. The largest absolute Gasteiger partial charge is 0.378 e. The van der Waals surface area contributed by atoms with Gasteiger partial charge in [0.15, 0.2) is 5.13 Å². The zero-order valence-electron chi connectivity index (χ0n) is 26.9. The molecule has 3 saturated heterocycles. The number of piperazine rings is 1. The topological polar surface area (TPSA) is 111 Å². The molecule has 2 aromatic rings. The Balaban J connectivity index is 1.01. The van der Waals surface area contributed by atoms with Gasteiger partial charge in [0.25, 0.3) is 5.91 Å². The maximum atomic E-state index is 13.4. The number of amides is 2. The van der Waals surface area contributed by atoms with E-state index in [1.165, 1.54) is 55.0 Å². The van der Waals surface area contributed by atoms with Crippen molar-refractivity contribution in [1.82, 2.24) is 19.8 Å². The molecule has 15 heteroatoms. The lowest BCUT2D eigenvalue weighted by atomic mass is 9.94. The predicted molar refractivity (Wildman–Crippen MR) is 192 cm³/mol. The van der Waals surface area contributed by atoms with Crippen LogP contribution in [-0.2, 0) is 20.3 Å². The summed E-state index contributed by atoms with van der Waals surface area (Å²) in [5.41, 5.74) is 0.905. The fraction of sp³-hybridized carbons (Fsp3) is 0.576. The first-order valence-electron chi connectivity index (χ1n) is 16.9. The van der Waals surface area contributed by atoms with Crippen molar-refractivity contribution >= 4 is 78.0 Å². The minimum absolute atomic E-state index is 0.0127. The van der Waals surface area contributed by atoms with E-state index in [-0.39, 0.29) is 17.7 Å². The maximum absolute atomic E-state index is 13.4. The van der Waals surface area contributed by atoms with Crippen molar-refractivity contribution in [3.05, 3.63) is 45.1 Å². The van der Waals surface area contributed by atoms with Crippen LogP contribution >= 0.6 is 34.5 Å². The quantitative estimate of drug-likeness (QED) is 0.413. The Morgan fingerprint density at radius 3 is 2.33 bits per heavy atom. The van der Waals surface area contributed by atoms with Crippen LogP contribution in [0.1, 0.15) is 61.0 Å². The number of anilines is 3. The number of hydrogen-bond acceptors (Lipinski definition) is 10. The third-order valence-electron chi connectivity index (χ3n) is 10.0. The second-order valence-electron chi connectivity index (χ2n) is 13.0. The van der Waals surface area contributed by atoms with Crippen molar-refractivity contribution in [2.75, 3.05) is 80.7 Å². The van der Waals surface area contributed by atoms with Gasteiger partial charge in [-0.2, -0.15) is 0 Å². The number of carbonyl (C=O) groups is 2. The highest BCUT2D eigenvalue weighted by atomic mass is 35.5. The molecular formula is C33H41Cl2N7O4S2. The van der Waals surface area contributed by atoms with E-state index < -0.39 is 10.8 Å². The van der Waals surface area contributed by atoms with Gasteiger partial charge in [0.2, 0.25) is 5.91 Å². The third-order valence-corrected chi connectivity index (χ3v) is 12.9. The van der Waals surface area contributed by atoms with Crippen molar-refractivity contribution in [2.24, 2.45) is 5.92 Å². The fourth-order valence-electron chi connectivity index (χ4n) is 7.36. The number of morpholine rings is 1. The predicted octanol–water partition coefficient (Wildman–Crippen LogP) is 5.16. The molecule has 6 heterocycles. The summed E-state index contributed by atoms with van der Waals surface area (Å²) in [5, 5.41) is 6.54. The molecule has 4 aliphatic heterocycles. The minimum atomic E-state index is -1.41.